The van der Waals surface area contributed by atoms with Gasteiger partial charge in [0.25, 0.3) is 11.1 Å². The van der Waals surface area contributed by atoms with E-state index in [2.05, 4.69) is 46.7 Å². The number of nitrogens with one attached hydrogen (secondary N) is 3. The number of hydrogen-bond acceptors (Lipinski definition) is 19. The summed E-state index contributed by atoms with van der Waals surface area (Å²) in [4.78, 5) is 68.1. The van der Waals surface area contributed by atoms with E-state index in [0.717, 1.165) is 0 Å². The minimum Gasteiger partial charge on any atom is -0.387 e. The van der Waals surface area contributed by atoms with Crippen molar-refractivity contribution in [3.8, 4) is 0 Å². The Bertz CT molecular complexity index is 1940. The van der Waals surface area contributed by atoms with Gasteiger partial charge in [0.05, 0.1) is 25.9 Å². The molecule has 0 unspecified atom stereocenters. The maximum atomic E-state index is 12.0. The number of anilines is 4. The van der Waals surface area contributed by atoms with Crippen LogP contribution in [0.15, 0.2) is 34.6 Å². The summed E-state index contributed by atoms with van der Waals surface area (Å²) in [5.74, 6) is 0.0258. The second-order valence-electron chi connectivity index (χ2n) is 10.9. The van der Waals surface area contributed by atoms with E-state index in [9.17, 15) is 30.0 Å². The SMILES string of the molecule is CN1CN([C@@H]2O[C@H](COP(O)(O)=S)[C@@H](O)[C@H]2O)c2nc(N)[nH]c(=O)c21.Nc1nc2c(ncn2[C@@H]2O[C@H](C=S)[C@@H](O)[C@H]2O)c(=O)[nH]1.c1c[nH]cn1. The normalized spacial score (nSPS) is 27.4. The Labute approximate surface area is 290 Å². The molecule has 0 amide bonds. The van der Waals surface area contributed by atoms with Crippen molar-refractivity contribution in [2.24, 2.45) is 0 Å². The van der Waals surface area contributed by atoms with Gasteiger partial charge in [-0.1, -0.05) is 12.2 Å². The third kappa shape index (κ3) is 7.83. The molecule has 0 bridgehead atoms. The summed E-state index contributed by atoms with van der Waals surface area (Å²) < 4.78 is 17.1. The van der Waals surface area contributed by atoms with Crippen molar-refractivity contribution in [1.82, 2.24) is 39.5 Å². The third-order valence-electron chi connectivity index (χ3n) is 7.50. The average molecular weight is 761 g/mol. The number of ether oxygens (including phenoxy) is 2. The largest absolute Gasteiger partial charge is 0.387 e. The molecule has 0 radical (unpaired) electrons. The zero-order valence-electron chi connectivity index (χ0n) is 25.7. The predicted molar refractivity (Wildman–Crippen MR) is 181 cm³/mol. The molecule has 0 aliphatic carbocycles. The molecule has 4 aromatic rings. The smallest absolute Gasteiger partial charge is 0.321 e. The summed E-state index contributed by atoms with van der Waals surface area (Å²) in [6.45, 7) is -4.18. The second-order valence-corrected chi connectivity index (χ2v) is 13.8. The van der Waals surface area contributed by atoms with Crippen LogP contribution < -0.4 is 32.4 Å². The number of aromatic amines is 3. The van der Waals surface area contributed by atoms with Crippen molar-refractivity contribution in [1.29, 1.82) is 0 Å². The lowest BCUT2D eigenvalue weighted by atomic mass is 10.1. The Hall–Kier alpha value is -3.98. The Kier molecular flexibility index (Phi) is 11.3. The second kappa shape index (κ2) is 15.1. The van der Waals surface area contributed by atoms with Gasteiger partial charge in [-0.05, 0) is 11.8 Å². The molecule has 0 spiro atoms. The molecule has 2 fully saturated rings. The Morgan fingerprint density at radius 1 is 1.04 bits per heavy atom. The van der Waals surface area contributed by atoms with Crippen LogP contribution in [0.1, 0.15) is 6.23 Å². The van der Waals surface area contributed by atoms with Crippen molar-refractivity contribution < 1.29 is 44.2 Å². The number of aliphatic hydroxyl groups excluding tert-OH is 4. The summed E-state index contributed by atoms with van der Waals surface area (Å²) in [5, 5.41) is 41.4. The van der Waals surface area contributed by atoms with Crippen molar-refractivity contribution in [3.63, 3.8) is 0 Å². The molecule has 23 nitrogen and oxygen atoms in total. The molecular weight excluding hydrogens is 727 g/mol. The van der Waals surface area contributed by atoms with Gasteiger partial charge in [-0.3, -0.25) is 24.1 Å². The minimum atomic E-state index is -3.92. The molecule has 13 N–H and O–H groups in total. The van der Waals surface area contributed by atoms with Gasteiger partial charge < -0.3 is 70.5 Å². The quantitative estimate of drug-likeness (QED) is 0.0658. The number of H-pyrrole nitrogens is 3. The van der Waals surface area contributed by atoms with Crippen molar-refractivity contribution in [2.45, 2.75) is 49.1 Å². The van der Waals surface area contributed by atoms with Crippen LogP contribution in [0.2, 0.25) is 0 Å². The first-order valence-corrected chi connectivity index (χ1v) is 17.4. The first-order valence-electron chi connectivity index (χ1n) is 14.3. The van der Waals surface area contributed by atoms with Gasteiger partial charge in [0.15, 0.2) is 29.4 Å². The van der Waals surface area contributed by atoms with E-state index in [1.54, 1.807) is 30.7 Å². The molecule has 2 saturated heterocycles. The van der Waals surface area contributed by atoms with Crippen LogP contribution >= 0.6 is 18.9 Å². The highest BCUT2D eigenvalue weighted by molar-refractivity contribution is 8.06. The predicted octanol–water partition coefficient (Wildman–Crippen LogP) is -4.03. The highest BCUT2D eigenvalue weighted by atomic mass is 32.5. The average Bonchev–Trinajstić information content (AvgIpc) is 3.88. The number of fused-ring (bicyclic) bond motifs is 2. The highest BCUT2D eigenvalue weighted by Gasteiger charge is 2.49. The van der Waals surface area contributed by atoms with Gasteiger partial charge in [-0.25, -0.2) is 9.97 Å². The van der Waals surface area contributed by atoms with Crippen molar-refractivity contribution >= 4 is 70.7 Å². The fraction of sp³-hybridized carbons (Fsp3) is 0.458. The fourth-order valence-corrected chi connectivity index (χ4v) is 6.00. The van der Waals surface area contributed by atoms with Gasteiger partial charge >= 0.3 is 6.72 Å². The molecule has 7 rings (SSSR count). The number of thiocarbonyl (C=S) groups is 1. The van der Waals surface area contributed by atoms with Gasteiger partial charge in [-0.15, -0.1) is 0 Å². The molecule has 8 atom stereocenters. The number of nitrogen functional groups attached to an aromatic ring is 2. The Balaban J connectivity index is 0.000000173. The van der Waals surface area contributed by atoms with Crippen molar-refractivity contribution in [2.75, 3.05) is 41.6 Å². The van der Waals surface area contributed by atoms with E-state index >= 15 is 0 Å². The summed E-state index contributed by atoms with van der Waals surface area (Å²) in [6.07, 6.45) is -2.56. The van der Waals surface area contributed by atoms with Crippen LogP contribution in [0.5, 0.6) is 0 Å². The van der Waals surface area contributed by atoms with Crippen LogP contribution in [0.25, 0.3) is 11.2 Å². The van der Waals surface area contributed by atoms with Gasteiger partial charge in [0, 0.05) is 24.8 Å². The standard InChI is InChI=1S/C11H18N5O7PS.C10H11N5O4S.C3H4N2/c1-15-3-16(8-5(15)9(19)14-11(12)13-8)10-7(18)6(17)4(23-10)2-22-24(20,21)25;11-10-13-7-4(8(18)14-10)12-2-15(7)9-6(17)5(16)3(1-20)19-9;1-2-5-3-4-1/h4,6-7,10,17-18H,2-3H2,1H3,(H2,20,21,25)(H3,12,13,14,19);1-3,5-6,9,16-17H,(H3,11,13,14,18);1-3H,(H,4,5)/t4-,6-,7-,10-;3-,5-,6-,9-;/m11./s1. The van der Waals surface area contributed by atoms with E-state index < -0.39 is 73.5 Å². The molecule has 26 heteroatoms. The van der Waals surface area contributed by atoms with E-state index in [4.69, 9.17) is 47.5 Å². The summed E-state index contributed by atoms with van der Waals surface area (Å²) in [6, 6.07) is 0. The summed E-state index contributed by atoms with van der Waals surface area (Å²) in [5.41, 5.74) is 10.6. The Morgan fingerprint density at radius 2 is 1.72 bits per heavy atom. The number of nitrogens with two attached hydrogens (primary N) is 2. The van der Waals surface area contributed by atoms with E-state index in [0.29, 0.717) is 0 Å². The molecule has 50 heavy (non-hydrogen) atoms. The Morgan fingerprint density at radius 3 is 2.32 bits per heavy atom. The molecule has 3 aliphatic heterocycles. The fourth-order valence-electron chi connectivity index (χ4n) is 5.25. The number of imidazole rings is 2. The van der Waals surface area contributed by atoms with Crippen LogP contribution in [-0.2, 0) is 25.8 Å². The number of nitrogens with zero attached hydrogens (tertiary/aromatic N) is 7. The zero-order valence-corrected chi connectivity index (χ0v) is 28.2. The maximum Gasteiger partial charge on any atom is 0.321 e. The minimum absolute atomic E-state index is 0.0651. The molecule has 4 aromatic heterocycles. The van der Waals surface area contributed by atoms with E-state index in [-0.39, 0.29) is 41.2 Å². The molecular formula is C24H33N12O11PS2. The summed E-state index contributed by atoms with van der Waals surface area (Å²) >= 11 is 9.07. The monoisotopic (exact) mass is 760 g/mol. The van der Waals surface area contributed by atoms with Gasteiger partial charge in [-0.2, -0.15) is 9.97 Å². The third-order valence-corrected chi connectivity index (χ3v) is 8.57. The topological polar surface area (TPSA) is 346 Å². The number of rotatable bonds is 6. The molecule has 3 aliphatic rings. The molecule has 0 saturated carbocycles. The first-order chi connectivity index (χ1) is 23.6. The molecule has 272 valence electrons. The number of aromatic nitrogens is 8. The first kappa shape index (κ1) is 37.3. The van der Waals surface area contributed by atoms with Crippen LogP contribution in [-0.4, -0.2) is 138 Å². The van der Waals surface area contributed by atoms with Crippen LogP contribution in [0, 0.1) is 0 Å². The number of aliphatic hydroxyl groups is 4. The lowest BCUT2D eigenvalue weighted by Crippen LogP contribution is -2.45. The van der Waals surface area contributed by atoms with E-state index in [1.165, 1.54) is 21.2 Å². The van der Waals surface area contributed by atoms with Crippen LogP contribution in [0.3, 0.4) is 0 Å². The van der Waals surface area contributed by atoms with Gasteiger partial charge in [0.2, 0.25) is 11.9 Å². The lowest BCUT2D eigenvalue weighted by Gasteiger charge is -2.27. The van der Waals surface area contributed by atoms with E-state index in [1.807, 2.05) is 0 Å². The van der Waals surface area contributed by atoms with Crippen LogP contribution in [0.4, 0.5) is 23.4 Å². The number of hydrogen-bond donors (Lipinski definition) is 11. The molecule has 7 heterocycles. The van der Waals surface area contributed by atoms with Crippen molar-refractivity contribution in [3.05, 3.63) is 45.8 Å². The lowest BCUT2D eigenvalue weighted by molar-refractivity contribution is -0.0209. The van der Waals surface area contributed by atoms with Gasteiger partial charge in [0.1, 0.15) is 42.3 Å². The molecule has 0 aromatic carbocycles. The highest BCUT2D eigenvalue weighted by Crippen LogP contribution is 2.39. The maximum absolute atomic E-state index is 12.0. The zero-order chi connectivity index (χ0) is 36.5. The summed E-state index contributed by atoms with van der Waals surface area (Å²) in [7, 11) is 1.65.